The first-order chi connectivity index (χ1) is 14.9. The maximum absolute atomic E-state index is 12.7. The molecule has 1 saturated heterocycles. The molecule has 1 fully saturated rings. The first-order valence-corrected chi connectivity index (χ1v) is 9.69. The number of carbonyl (C=O) groups is 3. The zero-order valence-corrected chi connectivity index (χ0v) is 17.4. The third-order valence-electron chi connectivity index (χ3n) is 5.12. The van der Waals surface area contributed by atoms with E-state index in [4.69, 9.17) is 20.0 Å². The minimum atomic E-state index is -1.05. The van der Waals surface area contributed by atoms with Crippen LogP contribution in [-0.2, 0) is 32.4 Å². The Labute approximate surface area is 180 Å². The molecule has 0 saturated carbocycles. The van der Waals surface area contributed by atoms with Gasteiger partial charge in [0.05, 0.1) is 26.9 Å². The molecule has 9 heteroatoms. The van der Waals surface area contributed by atoms with E-state index in [1.54, 1.807) is 25.3 Å². The van der Waals surface area contributed by atoms with Crippen LogP contribution in [0.5, 0.6) is 11.5 Å². The van der Waals surface area contributed by atoms with Crippen LogP contribution < -0.4 is 20.7 Å². The molecule has 1 aliphatic heterocycles. The fourth-order valence-electron chi connectivity index (χ4n) is 3.51. The predicted molar refractivity (Wildman–Crippen MR) is 111 cm³/mol. The average molecular weight is 427 g/mol. The number of ether oxygens (including phenoxy) is 2. The van der Waals surface area contributed by atoms with Crippen LogP contribution >= 0.6 is 0 Å². The molecule has 2 aromatic rings. The lowest BCUT2D eigenvalue weighted by molar-refractivity contribution is -0.169. The van der Waals surface area contributed by atoms with E-state index in [2.05, 4.69) is 5.48 Å². The van der Waals surface area contributed by atoms with E-state index in [0.29, 0.717) is 17.1 Å². The summed E-state index contributed by atoms with van der Waals surface area (Å²) in [5.41, 5.74) is 9.24. The highest BCUT2D eigenvalue weighted by Crippen LogP contribution is 2.34. The Morgan fingerprint density at radius 2 is 1.84 bits per heavy atom. The summed E-state index contributed by atoms with van der Waals surface area (Å²) in [7, 11) is 3.05. The highest BCUT2D eigenvalue weighted by Gasteiger charge is 2.52. The second-order valence-electron chi connectivity index (χ2n) is 7.10. The molecule has 1 heterocycles. The molecule has 0 spiro atoms. The second-order valence-corrected chi connectivity index (χ2v) is 7.10. The van der Waals surface area contributed by atoms with Gasteiger partial charge in [0.1, 0.15) is 17.4 Å². The van der Waals surface area contributed by atoms with Gasteiger partial charge in [-0.3, -0.25) is 19.2 Å². The highest BCUT2D eigenvalue weighted by molar-refractivity contribution is 6.06. The number of β-lactam (4-membered cyclic amide) rings is 1. The van der Waals surface area contributed by atoms with Crippen LogP contribution in [0, 0.1) is 5.92 Å². The van der Waals surface area contributed by atoms with E-state index in [9.17, 15) is 14.4 Å². The molecule has 164 valence electrons. The molecule has 0 aliphatic carbocycles. The number of likely N-dealkylation sites (tertiary alicyclic amines) is 1. The van der Waals surface area contributed by atoms with Gasteiger partial charge in [-0.05, 0) is 17.7 Å². The summed E-state index contributed by atoms with van der Waals surface area (Å²) in [5.74, 6) is -1.53. The number of hydrogen-bond donors (Lipinski definition) is 2. The monoisotopic (exact) mass is 427 g/mol. The molecule has 9 nitrogen and oxygen atoms in total. The normalized spacial score (nSPS) is 17.6. The van der Waals surface area contributed by atoms with Gasteiger partial charge in [-0.2, -0.15) is 0 Å². The van der Waals surface area contributed by atoms with Crippen LogP contribution in [0.15, 0.2) is 48.5 Å². The standard InChI is InChI=1S/C22H25N3O6/c1-29-16-9-8-15(18(10-16)30-2)12-25-17(11-19(23)26)20(22(25)28)21(27)24-31-13-14-6-4-3-5-7-14/h3-10,17,20H,11-13H2,1-2H3,(H2,23,26)(H,24,27). The van der Waals surface area contributed by atoms with E-state index in [-0.39, 0.29) is 19.6 Å². The third kappa shape index (κ3) is 5.13. The predicted octanol–water partition coefficient (Wildman–Crippen LogP) is 1.15. The molecule has 0 aromatic heterocycles. The van der Waals surface area contributed by atoms with Crippen LogP contribution in [0.25, 0.3) is 0 Å². The fourth-order valence-corrected chi connectivity index (χ4v) is 3.51. The van der Waals surface area contributed by atoms with Crippen molar-refractivity contribution in [3.63, 3.8) is 0 Å². The Bertz CT molecular complexity index is 950. The number of amides is 3. The number of benzene rings is 2. The maximum Gasteiger partial charge on any atom is 0.258 e. The molecule has 2 unspecified atom stereocenters. The minimum Gasteiger partial charge on any atom is -0.497 e. The summed E-state index contributed by atoms with van der Waals surface area (Å²) in [6, 6.07) is 13.8. The quantitative estimate of drug-likeness (QED) is 0.333. The first-order valence-electron chi connectivity index (χ1n) is 9.69. The molecule has 3 N–H and O–H groups in total. The minimum absolute atomic E-state index is 0.138. The number of methoxy groups -OCH3 is 2. The molecule has 2 atom stereocenters. The Hall–Kier alpha value is -3.59. The van der Waals surface area contributed by atoms with Gasteiger partial charge in [0.25, 0.3) is 5.91 Å². The molecule has 0 radical (unpaired) electrons. The van der Waals surface area contributed by atoms with E-state index >= 15 is 0 Å². The lowest BCUT2D eigenvalue weighted by Gasteiger charge is -2.45. The van der Waals surface area contributed by atoms with Crippen molar-refractivity contribution >= 4 is 17.7 Å². The number of nitrogens with zero attached hydrogens (tertiary/aromatic N) is 1. The Balaban J connectivity index is 1.67. The van der Waals surface area contributed by atoms with Crippen molar-refractivity contribution in [3.8, 4) is 11.5 Å². The molecule has 0 bridgehead atoms. The number of hydrogen-bond acceptors (Lipinski definition) is 6. The zero-order chi connectivity index (χ0) is 22.4. The summed E-state index contributed by atoms with van der Waals surface area (Å²) in [4.78, 5) is 43.5. The molecule has 2 aromatic carbocycles. The van der Waals surface area contributed by atoms with E-state index in [1.807, 2.05) is 30.3 Å². The van der Waals surface area contributed by atoms with Gasteiger partial charge in [0, 0.05) is 24.6 Å². The van der Waals surface area contributed by atoms with Crippen molar-refractivity contribution in [2.45, 2.75) is 25.6 Å². The van der Waals surface area contributed by atoms with Crippen LogP contribution in [-0.4, -0.2) is 42.9 Å². The molecular formula is C22H25N3O6. The fraction of sp³-hybridized carbons (Fsp3) is 0.318. The smallest absolute Gasteiger partial charge is 0.258 e. The van der Waals surface area contributed by atoms with Crippen molar-refractivity contribution in [1.82, 2.24) is 10.4 Å². The first kappa shape index (κ1) is 22.1. The summed E-state index contributed by atoms with van der Waals surface area (Å²) in [6.07, 6.45) is -0.138. The maximum atomic E-state index is 12.7. The number of nitrogens with one attached hydrogen (secondary N) is 1. The largest absolute Gasteiger partial charge is 0.497 e. The molecule has 31 heavy (non-hydrogen) atoms. The Morgan fingerprint density at radius 1 is 1.10 bits per heavy atom. The van der Waals surface area contributed by atoms with Crippen molar-refractivity contribution in [3.05, 3.63) is 59.7 Å². The Morgan fingerprint density at radius 3 is 2.48 bits per heavy atom. The van der Waals surface area contributed by atoms with E-state index in [1.165, 1.54) is 12.0 Å². The molecule has 1 aliphatic rings. The van der Waals surface area contributed by atoms with Gasteiger partial charge in [0.2, 0.25) is 11.8 Å². The van der Waals surface area contributed by atoms with Crippen LogP contribution in [0.1, 0.15) is 17.5 Å². The number of hydroxylamine groups is 1. The van der Waals surface area contributed by atoms with Gasteiger partial charge in [-0.25, -0.2) is 5.48 Å². The number of carbonyl (C=O) groups excluding carboxylic acids is 3. The zero-order valence-electron chi connectivity index (χ0n) is 17.4. The SMILES string of the molecule is COc1ccc(CN2C(=O)C(C(=O)NOCc3ccccc3)C2CC(N)=O)c(OC)c1. The summed E-state index contributed by atoms with van der Waals surface area (Å²) in [6.45, 7) is 0.319. The third-order valence-corrected chi connectivity index (χ3v) is 5.12. The molecular weight excluding hydrogens is 402 g/mol. The Kier molecular flexibility index (Phi) is 7.09. The summed E-state index contributed by atoms with van der Waals surface area (Å²) >= 11 is 0. The molecule has 3 amide bonds. The van der Waals surface area contributed by atoms with Crippen LogP contribution in [0.2, 0.25) is 0 Å². The molecule has 3 rings (SSSR count). The van der Waals surface area contributed by atoms with E-state index in [0.717, 1.165) is 5.56 Å². The summed E-state index contributed by atoms with van der Waals surface area (Å²) in [5, 5.41) is 0. The van der Waals surface area contributed by atoms with Gasteiger partial charge in [-0.1, -0.05) is 30.3 Å². The van der Waals surface area contributed by atoms with Crippen molar-refractivity contribution in [1.29, 1.82) is 0 Å². The average Bonchev–Trinajstić information content (AvgIpc) is 2.77. The highest BCUT2D eigenvalue weighted by atomic mass is 16.6. The summed E-state index contributed by atoms with van der Waals surface area (Å²) < 4.78 is 10.6. The van der Waals surface area contributed by atoms with Gasteiger partial charge < -0.3 is 20.1 Å². The topological polar surface area (TPSA) is 120 Å². The van der Waals surface area contributed by atoms with Crippen molar-refractivity contribution in [2.24, 2.45) is 11.7 Å². The van der Waals surface area contributed by atoms with Crippen LogP contribution in [0.4, 0.5) is 0 Å². The lowest BCUT2D eigenvalue weighted by Crippen LogP contribution is -2.65. The van der Waals surface area contributed by atoms with Crippen molar-refractivity contribution in [2.75, 3.05) is 14.2 Å². The van der Waals surface area contributed by atoms with Crippen LogP contribution in [0.3, 0.4) is 0 Å². The van der Waals surface area contributed by atoms with Gasteiger partial charge in [-0.15, -0.1) is 0 Å². The number of rotatable bonds is 10. The number of nitrogens with two attached hydrogens (primary N) is 1. The second kappa shape index (κ2) is 9.94. The van der Waals surface area contributed by atoms with E-state index < -0.39 is 29.7 Å². The van der Waals surface area contributed by atoms with Gasteiger partial charge in [0.15, 0.2) is 0 Å². The number of primary amides is 1. The van der Waals surface area contributed by atoms with Gasteiger partial charge >= 0.3 is 0 Å². The van der Waals surface area contributed by atoms with Crippen molar-refractivity contribution < 1.29 is 28.7 Å². The lowest BCUT2D eigenvalue weighted by atomic mass is 9.83.